The molecule has 0 aromatic heterocycles. The van der Waals surface area contributed by atoms with E-state index in [1.165, 1.54) is 18.4 Å². The van der Waals surface area contributed by atoms with Gasteiger partial charge in [0.15, 0.2) is 0 Å². The molecule has 1 aromatic rings. The Morgan fingerprint density at radius 3 is 2.60 bits per heavy atom. The van der Waals surface area contributed by atoms with Crippen molar-refractivity contribution in [1.29, 1.82) is 0 Å². The molecule has 1 saturated carbocycles. The highest BCUT2D eigenvalue weighted by Crippen LogP contribution is 2.34. The normalized spacial score (nSPS) is 27.9. The van der Waals surface area contributed by atoms with E-state index in [9.17, 15) is 5.11 Å². The van der Waals surface area contributed by atoms with E-state index in [2.05, 4.69) is 37.3 Å². The quantitative estimate of drug-likeness (QED) is 0.800. The van der Waals surface area contributed by atoms with E-state index >= 15 is 0 Å². The Kier molecular flexibility index (Phi) is 3.42. The van der Waals surface area contributed by atoms with Gasteiger partial charge in [-0.3, -0.25) is 0 Å². The Bertz CT molecular complexity index is 293. The lowest BCUT2D eigenvalue weighted by Crippen LogP contribution is -2.15. The van der Waals surface area contributed by atoms with Crippen LogP contribution < -0.4 is 0 Å². The van der Waals surface area contributed by atoms with Crippen LogP contribution in [0.15, 0.2) is 30.3 Å². The monoisotopic (exact) mass is 204 g/mol. The summed E-state index contributed by atoms with van der Waals surface area (Å²) in [5, 5.41) is 9.78. The molecule has 1 fully saturated rings. The molecule has 1 aliphatic rings. The van der Waals surface area contributed by atoms with Crippen LogP contribution in [-0.4, -0.2) is 11.2 Å². The van der Waals surface area contributed by atoms with Gasteiger partial charge in [-0.2, -0.15) is 0 Å². The summed E-state index contributed by atoms with van der Waals surface area (Å²) >= 11 is 0. The van der Waals surface area contributed by atoms with Gasteiger partial charge in [0.05, 0.1) is 6.10 Å². The summed E-state index contributed by atoms with van der Waals surface area (Å²) in [5.74, 6) is 1.10. The van der Waals surface area contributed by atoms with Crippen LogP contribution in [0.1, 0.15) is 44.1 Å². The second-order valence-electron chi connectivity index (χ2n) is 4.81. The van der Waals surface area contributed by atoms with Crippen LogP contribution in [0.2, 0.25) is 0 Å². The van der Waals surface area contributed by atoms with Crippen LogP contribution in [0.5, 0.6) is 0 Å². The molecule has 0 saturated heterocycles. The summed E-state index contributed by atoms with van der Waals surface area (Å²) in [6.07, 6.45) is 4.50. The Hall–Kier alpha value is -0.820. The van der Waals surface area contributed by atoms with Gasteiger partial charge in [-0.25, -0.2) is 0 Å². The van der Waals surface area contributed by atoms with Gasteiger partial charge in [-0.1, -0.05) is 43.7 Å². The topological polar surface area (TPSA) is 20.2 Å². The number of benzene rings is 1. The first-order chi connectivity index (χ1) is 7.27. The first kappa shape index (κ1) is 10.7. The Morgan fingerprint density at radius 2 is 2.00 bits per heavy atom. The van der Waals surface area contributed by atoms with E-state index in [0.717, 1.165) is 12.8 Å². The second kappa shape index (κ2) is 4.80. The second-order valence-corrected chi connectivity index (χ2v) is 4.81. The van der Waals surface area contributed by atoms with Crippen LogP contribution in [-0.2, 0) is 0 Å². The molecule has 2 rings (SSSR count). The molecule has 0 amide bonds. The molecular weight excluding hydrogens is 184 g/mol. The van der Waals surface area contributed by atoms with E-state index in [0.29, 0.717) is 11.8 Å². The fourth-order valence-electron chi connectivity index (χ4n) is 2.66. The smallest absolute Gasteiger partial charge is 0.0568 e. The lowest BCUT2D eigenvalue weighted by atomic mass is 9.88. The summed E-state index contributed by atoms with van der Waals surface area (Å²) in [5.41, 5.74) is 1.40. The van der Waals surface area contributed by atoms with Crippen molar-refractivity contribution in [2.24, 2.45) is 5.92 Å². The van der Waals surface area contributed by atoms with Crippen molar-refractivity contribution in [3.05, 3.63) is 35.9 Å². The highest BCUT2D eigenvalue weighted by atomic mass is 16.3. The van der Waals surface area contributed by atoms with E-state index in [4.69, 9.17) is 0 Å². The van der Waals surface area contributed by atoms with Crippen molar-refractivity contribution in [2.75, 3.05) is 0 Å². The molecule has 3 unspecified atom stereocenters. The summed E-state index contributed by atoms with van der Waals surface area (Å²) < 4.78 is 0. The van der Waals surface area contributed by atoms with Crippen LogP contribution in [0, 0.1) is 5.92 Å². The SMILES string of the molecule is CC(CC1CCCC1O)c1ccccc1. The highest BCUT2D eigenvalue weighted by Gasteiger charge is 2.26. The number of rotatable bonds is 3. The van der Waals surface area contributed by atoms with Crippen molar-refractivity contribution in [3.63, 3.8) is 0 Å². The minimum absolute atomic E-state index is 0.0452. The average Bonchev–Trinajstić information content (AvgIpc) is 2.66. The Morgan fingerprint density at radius 1 is 1.27 bits per heavy atom. The molecule has 1 nitrogen and oxygen atoms in total. The Balaban J connectivity index is 1.95. The largest absolute Gasteiger partial charge is 0.393 e. The summed E-state index contributed by atoms with van der Waals surface area (Å²) in [4.78, 5) is 0. The minimum atomic E-state index is -0.0452. The summed E-state index contributed by atoms with van der Waals surface area (Å²) in [6.45, 7) is 2.26. The van der Waals surface area contributed by atoms with Crippen molar-refractivity contribution in [2.45, 2.75) is 44.6 Å². The fourth-order valence-corrected chi connectivity index (χ4v) is 2.66. The van der Waals surface area contributed by atoms with Gasteiger partial charge in [0, 0.05) is 0 Å². The van der Waals surface area contributed by atoms with Crippen LogP contribution >= 0.6 is 0 Å². The standard InChI is InChI=1S/C14H20O/c1-11(12-6-3-2-4-7-12)10-13-8-5-9-14(13)15/h2-4,6-7,11,13-15H,5,8-10H2,1H3. The van der Waals surface area contributed by atoms with Crippen molar-refractivity contribution >= 4 is 0 Å². The van der Waals surface area contributed by atoms with Crippen LogP contribution in [0.4, 0.5) is 0 Å². The van der Waals surface area contributed by atoms with Gasteiger partial charge in [-0.15, -0.1) is 0 Å². The number of hydrogen-bond donors (Lipinski definition) is 1. The zero-order chi connectivity index (χ0) is 10.7. The van der Waals surface area contributed by atoms with Crippen LogP contribution in [0.25, 0.3) is 0 Å². The molecule has 1 aliphatic carbocycles. The molecule has 1 N–H and O–H groups in total. The lowest BCUT2D eigenvalue weighted by Gasteiger charge is -2.19. The number of aliphatic hydroxyl groups excluding tert-OH is 1. The predicted octanol–water partition coefficient (Wildman–Crippen LogP) is 3.34. The van der Waals surface area contributed by atoms with Gasteiger partial charge in [-0.05, 0) is 36.7 Å². The molecule has 0 heterocycles. The molecule has 0 bridgehead atoms. The highest BCUT2D eigenvalue weighted by molar-refractivity contribution is 5.18. The molecule has 1 heteroatoms. The molecule has 0 aliphatic heterocycles. The molecule has 1 aromatic carbocycles. The van der Waals surface area contributed by atoms with Gasteiger partial charge in [0.1, 0.15) is 0 Å². The van der Waals surface area contributed by atoms with E-state index in [-0.39, 0.29) is 6.10 Å². The van der Waals surface area contributed by atoms with E-state index in [1.807, 2.05) is 0 Å². The molecule has 82 valence electrons. The average molecular weight is 204 g/mol. The van der Waals surface area contributed by atoms with Gasteiger partial charge < -0.3 is 5.11 Å². The number of hydrogen-bond acceptors (Lipinski definition) is 1. The zero-order valence-electron chi connectivity index (χ0n) is 9.39. The third kappa shape index (κ3) is 2.60. The van der Waals surface area contributed by atoms with Gasteiger partial charge in [0.25, 0.3) is 0 Å². The molecule has 3 atom stereocenters. The van der Waals surface area contributed by atoms with E-state index < -0.39 is 0 Å². The third-order valence-electron chi connectivity index (χ3n) is 3.64. The summed E-state index contributed by atoms with van der Waals surface area (Å²) in [6, 6.07) is 10.6. The van der Waals surface area contributed by atoms with E-state index in [1.54, 1.807) is 0 Å². The minimum Gasteiger partial charge on any atom is -0.393 e. The van der Waals surface area contributed by atoms with Gasteiger partial charge >= 0.3 is 0 Å². The predicted molar refractivity (Wildman–Crippen MR) is 62.8 cm³/mol. The fraction of sp³-hybridized carbons (Fsp3) is 0.571. The van der Waals surface area contributed by atoms with Crippen molar-refractivity contribution in [3.8, 4) is 0 Å². The first-order valence-corrected chi connectivity index (χ1v) is 6.00. The molecule has 15 heavy (non-hydrogen) atoms. The number of aliphatic hydroxyl groups is 1. The molecule has 0 radical (unpaired) electrons. The maximum atomic E-state index is 9.78. The first-order valence-electron chi connectivity index (χ1n) is 6.00. The maximum absolute atomic E-state index is 9.78. The van der Waals surface area contributed by atoms with Gasteiger partial charge in [0.2, 0.25) is 0 Å². The van der Waals surface area contributed by atoms with Crippen molar-refractivity contribution < 1.29 is 5.11 Å². The maximum Gasteiger partial charge on any atom is 0.0568 e. The third-order valence-corrected chi connectivity index (χ3v) is 3.64. The van der Waals surface area contributed by atoms with Crippen LogP contribution in [0.3, 0.4) is 0 Å². The molecular formula is C14H20O. The zero-order valence-corrected chi connectivity index (χ0v) is 9.39. The lowest BCUT2D eigenvalue weighted by molar-refractivity contribution is 0.124. The van der Waals surface area contributed by atoms with Crippen molar-refractivity contribution in [1.82, 2.24) is 0 Å². The molecule has 0 spiro atoms. The Labute approximate surface area is 92.1 Å². The summed E-state index contributed by atoms with van der Waals surface area (Å²) in [7, 11) is 0.